The van der Waals surface area contributed by atoms with Crippen LogP contribution in [0.2, 0.25) is 5.02 Å². The minimum Gasteiger partial charge on any atom is -0.450 e. The van der Waals surface area contributed by atoms with E-state index in [1.165, 1.54) is 0 Å². The molecule has 144 valence electrons. The van der Waals surface area contributed by atoms with Gasteiger partial charge in [-0.1, -0.05) is 11.6 Å². The van der Waals surface area contributed by atoms with Crippen molar-refractivity contribution in [3.05, 3.63) is 68.7 Å². The number of carbonyl (C=O) groups is 2. The quantitative estimate of drug-likeness (QED) is 0.385. The number of nitro benzene ring substituents is 1. The SMILES string of the molecule is Cc1c(C(=O)OCC(=O)Nc2ccc(F)c([N+](=O)[O-])c2)oc2ccc(Cl)cc12. The molecule has 3 rings (SSSR count). The van der Waals surface area contributed by atoms with E-state index in [9.17, 15) is 24.1 Å². The molecule has 1 amide bonds. The number of anilines is 1. The number of nitro groups is 1. The summed E-state index contributed by atoms with van der Waals surface area (Å²) in [6.07, 6.45) is 0. The number of hydrogen-bond donors (Lipinski definition) is 1. The molecule has 0 spiro atoms. The Kier molecular flexibility index (Phi) is 5.27. The van der Waals surface area contributed by atoms with E-state index in [1.54, 1.807) is 25.1 Å². The van der Waals surface area contributed by atoms with Crippen LogP contribution in [-0.2, 0) is 9.53 Å². The number of carbonyl (C=O) groups excluding carboxylic acids is 2. The van der Waals surface area contributed by atoms with Crippen LogP contribution in [-0.4, -0.2) is 23.4 Å². The Bertz CT molecular complexity index is 1110. The second-order valence-corrected chi connectivity index (χ2v) is 6.18. The molecule has 0 atom stereocenters. The fourth-order valence-electron chi connectivity index (χ4n) is 2.51. The van der Waals surface area contributed by atoms with E-state index in [-0.39, 0.29) is 11.4 Å². The lowest BCUT2D eigenvalue weighted by atomic mass is 10.1. The summed E-state index contributed by atoms with van der Waals surface area (Å²) in [5.74, 6) is -2.71. The maximum absolute atomic E-state index is 13.3. The predicted octanol–water partition coefficient (Wildman–Crippen LogP) is 4.24. The van der Waals surface area contributed by atoms with Gasteiger partial charge in [-0.05, 0) is 37.3 Å². The molecule has 0 unspecified atom stereocenters. The lowest BCUT2D eigenvalue weighted by Gasteiger charge is -2.06. The van der Waals surface area contributed by atoms with Crippen LogP contribution in [0.3, 0.4) is 0 Å². The van der Waals surface area contributed by atoms with Crippen molar-refractivity contribution < 1.29 is 28.1 Å². The van der Waals surface area contributed by atoms with Crippen molar-refractivity contribution in [3.8, 4) is 0 Å². The Labute approximate surface area is 162 Å². The summed E-state index contributed by atoms with van der Waals surface area (Å²) in [7, 11) is 0. The van der Waals surface area contributed by atoms with Gasteiger partial charge in [0.2, 0.25) is 11.6 Å². The van der Waals surface area contributed by atoms with Crippen molar-refractivity contribution in [1.82, 2.24) is 0 Å². The van der Waals surface area contributed by atoms with E-state index in [1.807, 2.05) is 0 Å². The van der Waals surface area contributed by atoms with E-state index in [0.717, 1.165) is 18.2 Å². The Morgan fingerprint density at radius 3 is 2.75 bits per heavy atom. The van der Waals surface area contributed by atoms with Gasteiger partial charge in [-0.3, -0.25) is 14.9 Å². The predicted molar refractivity (Wildman–Crippen MR) is 97.9 cm³/mol. The number of fused-ring (bicyclic) bond motifs is 1. The Balaban J connectivity index is 1.66. The van der Waals surface area contributed by atoms with Gasteiger partial charge in [0.1, 0.15) is 5.58 Å². The first-order valence-corrected chi connectivity index (χ1v) is 8.23. The molecule has 0 bridgehead atoms. The molecule has 1 N–H and O–H groups in total. The minimum absolute atomic E-state index is 0.0105. The second kappa shape index (κ2) is 7.65. The fourth-order valence-corrected chi connectivity index (χ4v) is 2.68. The van der Waals surface area contributed by atoms with Crippen LogP contribution in [0.1, 0.15) is 16.1 Å². The third kappa shape index (κ3) is 3.94. The molecule has 2 aromatic carbocycles. The van der Waals surface area contributed by atoms with Crippen molar-refractivity contribution >= 4 is 45.8 Å². The summed E-state index contributed by atoms with van der Waals surface area (Å²) in [4.78, 5) is 33.9. The van der Waals surface area contributed by atoms with Gasteiger partial charge in [-0.25, -0.2) is 4.79 Å². The smallest absolute Gasteiger partial charge is 0.375 e. The van der Waals surface area contributed by atoms with Crippen molar-refractivity contribution in [2.24, 2.45) is 0 Å². The fraction of sp³-hybridized carbons (Fsp3) is 0.111. The van der Waals surface area contributed by atoms with Crippen LogP contribution < -0.4 is 5.32 Å². The number of rotatable bonds is 5. The van der Waals surface area contributed by atoms with Gasteiger partial charge in [0.25, 0.3) is 5.91 Å². The zero-order chi connectivity index (χ0) is 20.4. The van der Waals surface area contributed by atoms with E-state index in [4.69, 9.17) is 20.8 Å². The number of furan rings is 1. The molecular formula is C18H12ClFN2O6. The van der Waals surface area contributed by atoms with E-state index >= 15 is 0 Å². The molecular weight excluding hydrogens is 395 g/mol. The average Bonchev–Trinajstić information content (AvgIpc) is 2.97. The van der Waals surface area contributed by atoms with Crippen LogP contribution >= 0.6 is 11.6 Å². The van der Waals surface area contributed by atoms with E-state index in [0.29, 0.717) is 21.6 Å². The molecule has 0 aliphatic carbocycles. The lowest BCUT2D eigenvalue weighted by Crippen LogP contribution is -2.21. The van der Waals surface area contributed by atoms with Gasteiger partial charge in [0.15, 0.2) is 6.61 Å². The van der Waals surface area contributed by atoms with Crippen molar-refractivity contribution in [1.29, 1.82) is 0 Å². The average molecular weight is 407 g/mol. The normalized spacial score (nSPS) is 10.7. The third-order valence-electron chi connectivity index (χ3n) is 3.84. The second-order valence-electron chi connectivity index (χ2n) is 5.74. The van der Waals surface area contributed by atoms with Gasteiger partial charge in [0, 0.05) is 27.7 Å². The molecule has 1 heterocycles. The highest BCUT2D eigenvalue weighted by Crippen LogP contribution is 2.28. The van der Waals surface area contributed by atoms with Gasteiger partial charge in [-0.2, -0.15) is 4.39 Å². The monoisotopic (exact) mass is 406 g/mol. The topological polar surface area (TPSA) is 112 Å². The molecule has 3 aromatic rings. The maximum atomic E-state index is 13.3. The minimum atomic E-state index is -1.03. The van der Waals surface area contributed by atoms with Crippen molar-refractivity contribution in [2.45, 2.75) is 6.92 Å². The summed E-state index contributed by atoms with van der Waals surface area (Å²) >= 11 is 5.92. The molecule has 8 nitrogen and oxygen atoms in total. The molecule has 0 radical (unpaired) electrons. The van der Waals surface area contributed by atoms with Crippen LogP contribution in [0.5, 0.6) is 0 Å². The van der Waals surface area contributed by atoms with Crippen molar-refractivity contribution in [2.75, 3.05) is 11.9 Å². The summed E-state index contributed by atoms with van der Waals surface area (Å²) in [6, 6.07) is 7.72. The molecule has 0 saturated heterocycles. The largest absolute Gasteiger partial charge is 0.450 e. The van der Waals surface area contributed by atoms with E-state index < -0.39 is 34.9 Å². The zero-order valence-corrected chi connectivity index (χ0v) is 15.1. The number of nitrogens with one attached hydrogen (secondary N) is 1. The first-order chi connectivity index (χ1) is 13.3. The first kappa shape index (κ1) is 19.3. The van der Waals surface area contributed by atoms with Crippen LogP contribution in [0, 0.1) is 22.9 Å². The van der Waals surface area contributed by atoms with Gasteiger partial charge in [0.05, 0.1) is 4.92 Å². The van der Waals surface area contributed by atoms with Crippen molar-refractivity contribution in [3.63, 3.8) is 0 Å². The Hall–Kier alpha value is -3.46. The molecule has 0 fully saturated rings. The zero-order valence-electron chi connectivity index (χ0n) is 14.3. The summed E-state index contributed by atoms with van der Waals surface area (Å²) < 4.78 is 23.7. The Morgan fingerprint density at radius 1 is 1.29 bits per heavy atom. The summed E-state index contributed by atoms with van der Waals surface area (Å²) in [5, 5.41) is 14.1. The lowest BCUT2D eigenvalue weighted by molar-refractivity contribution is -0.387. The third-order valence-corrected chi connectivity index (χ3v) is 4.08. The number of halogens is 2. The maximum Gasteiger partial charge on any atom is 0.375 e. The van der Waals surface area contributed by atoms with Crippen LogP contribution in [0.25, 0.3) is 11.0 Å². The number of esters is 1. The Morgan fingerprint density at radius 2 is 2.04 bits per heavy atom. The van der Waals surface area contributed by atoms with E-state index in [2.05, 4.69) is 5.32 Å². The molecule has 1 aromatic heterocycles. The van der Waals surface area contributed by atoms with Crippen LogP contribution in [0.15, 0.2) is 40.8 Å². The van der Waals surface area contributed by atoms with Gasteiger partial charge in [-0.15, -0.1) is 0 Å². The molecule has 0 aliphatic rings. The number of ether oxygens (including phenoxy) is 1. The molecule has 28 heavy (non-hydrogen) atoms. The van der Waals surface area contributed by atoms with Gasteiger partial charge < -0.3 is 14.5 Å². The number of amides is 1. The van der Waals surface area contributed by atoms with Crippen LogP contribution in [0.4, 0.5) is 15.8 Å². The highest BCUT2D eigenvalue weighted by molar-refractivity contribution is 6.31. The molecule has 0 aliphatic heterocycles. The highest BCUT2D eigenvalue weighted by atomic mass is 35.5. The highest BCUT2D eigenvalue weighted by Gasteiger charge is 2.21. The van der Waals surface area contributed by atoms with Gasteiger partial charge >= 0.3 is 11.7 Å². The summed E-state index contributed by atoms with van der Waals surface area (Å²) in [6.45, 7) is 0.984. The standard InChI is InChI=1S/C18H12ClFN2O6/c1-9-12-6-10(19)2-5-15(12)28-17(9)18(24)27-8-16(23)21-11-3-4-13(20)14(7-11)22(25)26/h2-7H,8H2,1H3,(H,21,23). The molecule has 0 saturated carbocycles. The number of benzene rings is 2. The molecule has 10 heteroatoms. The summed E-state index contributed by atoms with van der Waals surface area (Å²) in [5.41, 5.74) is 0.157. The number of nitrogens with zero attached hydrogens (tertiary/aromatic N) is 1. The number of aryl methyl sites for hydroxylation is 1. The number of hydrogen-bond acceptors (Lipinski definition) is 6. The first-order valence-electron chi connectivity index (χ1n) is 7.86.